The highest BCUT2D eigenvalue weighted by Gasteiger charge is 2.29. The molecule has 10 heteroatoms. The van der Waals surface area contributed by atoms with Crippen molar-refractivity contribution in [3.63, 3.8) is 0 Å². The molecule has 0 saturated carbocycles. The Morgan fingerprint density at radius 1 is 1.16 bits per heavy atom. The number of thiol groups is 1. The van der Waals surface area contributed by atoms with Gasteiger partial charge >= 0.3 is 0 Å². The zero-order chi connectivity index (χ0) is 23.1. The van der Waals surface area contributed by atoms with E-state index in [0.29, 0.717) is 40.3 Å². The molecule has 170 valence electrons. The fourth-order valence-corrected chi connectivity index (χ4v) is 4.19. The quantitative estimate of drug-likeness (QED) is 0.313. The molecule has 5 N–H and O–H groups in total. The molecular formula is C21H26Cl3FN4OS. The number of piperidine rings is 1. The van der Waals surface area contributed by atoms with E-state index in [4.69, 9.17) is 40.5 Å². The van der Waals surface area contributed by atoms with Gasteiger partial charge in [-0.05, 0) is 54.7 Å². The lowest BCUT2D eigenvalue weighted by Crippen LogP contribution is -2.42. The third-order valence-corrected chi connectivity index (χ3v) is 6.26. The first-order valence-electron chi connectivity index (χ1n) is 9.74. The summed E-state index contributed by atoms with van der Waals surface area (Å²) in [5, 5.41) is 8.20. The Labute approximate surface area is 202 Å². The average Bonchev–Trinajstić information content (AvgIpc) is 2.75. The number of carbonyl (C=O) groups is 1. The van der Waals surface area contributed by atoms with Gasteiger partial charge in [0.1, 0.15) is 5.82 Å². The molecule has 2 aromatic rings. The van der Waals surface area contributed by atoms with Gasteiger partial charge in [-0.1, -0.05) is 41.7 Å². The Balaban J connectivity index is 0.00000166. The molecule has 1 saturated heterocycles. The Bertz CT molecular complexity index is 887. The van der Waals surface area contributed by atoms with Crippen molar-refractivity contribution in [2.75, 3.05) is 30.7 Å². The van der Waals surface area contributed by atoms with Crippen molar-refractivity contribution in [3.05, 3.63) is 56.8 Å². The molecule has 0 bridgehead atoms. The van der Waals surface area contributed by atoms with Gasteiger partial charge in [0.15, 0.2) is 0 Å². The second kappa shape index (κ2) is 12.0. The normalized spacial score (nSPS) is 15.1. The number of hydrogen-bond acceptors (Lipinski definition) is 5. The topological polar surface area (TPSA) is 84.4 Å². The number of likely N-dealkylation sites (tertiary alicyclic amines) is 1. The Hall–Kier alpha value is -1.38. The summed E-state index contributed by atoms with van der Waals surface area (Å²) in [5.74, 6) is -0.374. The summed E-state index contributed by atoms with van der Waals surface area (Å²) in [4.78, 5) is 15.2. The van der Waals surface area contributed by atoms with Gasteiger partial charge in [-0.15, -0.1) is 12.8 Å². The summed E-state index contributed by atoms with van der Waals surface area (Å²) in [6.07, 6.45) is 1.94. The number of halogens is 4. The molecule has 1 amide bonds. The van der Waals surface area contributed by atoms with Crippen molar-refractivity contribution < 1.29 is 9.18 Å². The van der Waals surface area contributed by atoms with Crippen LogP contribution in [0.5, 0.6) is 0 Å². The number of nitrogens with one attached hydrogen (secondary N) is 1. The van der Waals surface area contributed by atoms with Gasteiger partial charge in [0.25, 0.3) is 0 Å². The number of hydrogen-bond donors (Lipinski definition) is 4. The van der Waals surface area contributed by atoms with E-state index in [2.05, 4.69) is 30.2 Å². The lowest BCUT2D eigenvalue weighted by molar-refractivity contribution is -0.133. The lowest BCUT2D eigenvalue weighted by Gasteiger charge is -2.33. The van der Waals surface area contributed by atoms with Crippen LogP contribution < -0.4 is 16.2 Å². The number of rotatable bonds is 5. The maximum absolute atomic E-state index is 13.3. The molecule has 3 rings (SSSR count). The van der Waals surface area contributed by atoms with Crippen molar-refractivity contribution in [2.45, 2.75) is 25.7 Å². The third-order valence-electron chi connectivity index (χ3n) is 5.32. The predicted molar refractivity (Wildman–Crippen MR) is 132 cm³/mol. The molecule has 1 aliphatic rings. The van der Waals surface area contributed by atoms with E-state index in [9.17, 15) is 9.18 Å². The number of benzene rings is 2. The van der Waals surface area contributed by atoms with Crippen molar-refractivity contribution in [3.8, 4) is 0 Å². The van der Waals surface area contributed by atoms with Gasteiger partial charge in [-0.25, -0.2) is 4.39 Å². The monoisotopic (exact) mass is 506 g/mol. The van der Waals surface area contributed by atoms with Crippen molar-refractivity contribution >= 4 is 64.9 Å². The molecule has 0 aliphatic carbocycles. The molecule has 0 spiro atoms. The molecule has 0 aromatic heterocycles. The molecule has 1 fully saturated rings. The highest BCUT2D eigenvalue weighted by molar-refractivity contribution is 7.77. The largest absolute Gasteiger partial charge is 0.396 e. The fourth-order valence-electron chi connectivity index (χ4n) is 3.45. The first kappa shape index (κ1) is 25.9. The highest BCUT2D eigenvalue weighted by atomic mass is 35.5. The molecule has 31 heavy (non-hydrogen) atoms. The Kier molecular flexibility index (Phi) is 10.0. The maximum Gasteiger partial charge on any atom is 0.231 e. The number of anilines is 2. The molecule has 1 aliphatic heterocycles. The zero-order valence-corrected chi connectivity index (χ0v) is 20.2. The first-order valence-corrected chi connectivity index (χ1v) is 11.4. The van der Waals surface area contributed by atoms with Gasteiger partial charge in [0.2, 0.25) is 5.91 Å². The van der Waals surface area contributed by atoms with Gasteiger partial charge in [-0.2, -0.15) is 0 Å². The summed E-state index contributed by atoms with van der Waals surface area (Å²) >= 11 is 21.6. The van der Waals surface area contributed by atoms with Crippen molar-refractivity contribution in [1.29, 1.82) is 0 Å². The van der Waals surface area contributed by atoms with Crippen LogP contribution in [0.4, 0.5) is 15.8 Å². The van der Waals surface area contributed by atoms with Crippen LogP contribution >= 0.6 is 47.6 Å². The van der Waals surface area contributed by atoms with E-state index in [1.54, 1.807) is 18.2 Å². The van der Waals surface area contributed by atoms with E-state index in [1.165, 1.54) is 12.1 Å². The van der Waals surface area contributed by atoms with Crippen LogP contribution in [-0.2, 0) is 4.79 Å². The summed E-state index contributed by atoms with van der Waals surface area (Å²) in [7, 11) is 0. The molecule has 5 nitrogen and oxygen atoms in total. The number of nitrogens with two attached hydrogens (primary N) is 2. The van der Waals surface area contributed by atoms with Gasteiger partial charge in [-0.3, -0.25) is 9.93 Å². The summed E-state index contributed by atoms with van der Waals surface area (Å²) in [5.41, 5.74) is 7.36. The summed E-state index contributed by atoms with van der Waals surface area (Å²) in [6, 6.07) is 7.43. The molecule has 1 heterocycles. The van der Waals surface area contributed by atoms with E-state index >= 15 is 0 Å². The smallest absolute Gasteiger partial charge is 0.231 e. The number of carbonyl (C=O) groups excluding carboxylic acids is 1. The minimum atomic E-state index is -0.542. The van der Waals surface area contributed by atoms with Crippen LogP contribution in [0.1, 0.15) is 31.2 Å². The molecular weight excluding hydrogens is 482 g/mol. The van der Waals surface area contributed by atoms with E-state index in [0.717, 1.165) is 12.8 Å². The van der Waals surface area contributed by atoms with E-state index in [1.807, 2.05) is 4.90 Å². The highest BCUT2D eigenvalue weighted by Crippen LogP contribution is 2.34. The van der Waals surface area contributed by atoms with E-state index in [-0.39, 0.29) is 23.2 Å². The fraction of sp³-hybridized carbons (Fsp3) is 0.381. The first-order chi connectivity index (χ1) is 14.8. The van der Waals surface area contributed by atoms with Gasteiger partial charge in [0.05, 0.1) is 32.4 Å². The minimum absolute atomic E-state index is 0.0143. The Morgan fingerprint density at radius 3 is 2.29 bits per heavy atom. The zero-order valence-electron chi connectivity index (χ0n) is 17.0. The number of nitrogen functional groups attached to an aromatic ring is 1. The predicted octanol–water partition coefficient (Wildman–Crippen LogP) is 5.61. The second-order valence-electron chi connectivity index (χ2n) is 7.46. The average molecular weight is 508 g/mol. The standard InChI is InChI=1S/C21H23Cl3FN3O.H3NS/c1-12-4-6-28(7-5-12)21(29)15(13-8-17(23)20(26)18(24)9-13)11-27-19-3-2-14(25)10-16(19)22;1-2/h2-3,8-10,12,15,27H,4-7,11,26H2,1H3;2H,1H2. The van der Waals surface area contributed by atoms with Crippen LogP contribution in [0, 0.1) is 11.7 Å². The van der Waals surface area contributed by atoms with Gasteiger partial charge in [0, 0.05) is 19.6 Å². The number of nitrogens with zero attached hydrogens (tertiary/aromatic N) is 1. The molecule has 1 unspecified atom stereocenters. The third kappa shape index (κ3) is 6.80. The second-order valence-corrected chi connectivity index (χ2v) is 8.69. The lowest BCUT2D eigenvalue weighted by atomic mass is 9.93. The van der Waals surface area contributed by atoms with Crippen LogP contribution in [0.15, 0.2) is 30.3 Å². The maximum atomic E-state index is 13.3. The van der Waals surface area contributed by atoms with Gasteiger partial charge < -0.3 is 16.0 Å². The molecule has 0 radical (unpaired) electrons. The minimum Gasteiger partial charge on any atom is -0.396 e. The number of amides is 1. The molecule has 2 aromatic carbocycles. The van der Waals surface area contributed by atoms with E-state index < -0.39 is 11.7 Å². The Morgan fingerprint density at radius 2 is 1.74 bits per heavy atom. The molecule has 1 atom stereocenters. The van der Waals surface area contributed by atoms with Crippen molar-refractivity contribution in [2.24, 2.45) is 11.1 Å². The summed E-state index contributed by atoms with van der Waals surface area (Å²) in [6.45, 7) is 3.87. The van der Waals surface area contributed by atoms with Crippen molar-refractivity contribution in [1.82, 2.24) is 4.90 Å². The van der Waals surface area contributed by atoms with Crippen LogP contribution in [-0.4, -0.2) is 30.4 Å². The van der Waals surface area contributed by atoms with Crippen LogP contribution in [0.3, 0.4) is 0 Å². The summed E-state index contributed by atoms with van der Waals surface area (Å²) < 4.78 is 13.3. The van der Waals surface area contributed by atoms with Crippen LogP contribution in [0.2, 0.25) is 15.1 Å². The van der Waals surface area contributed by atoms with Crippen LogP contribution in [0.25, 0.3) is 0 Å². The SMILES string of the molecule is CC1CCN(C(=O)C(CNc2ccc(F)cc2Cl)c2cc(Cl)c(N)c(Cl)c2)CC1.NS.